The van der Waals surface area contributed by atoms with Gasteiger partial charge in [-0.3, -0.25) is 9.59 Å². The summed E-state index contributed by atoms with van der Waals surface area (Å²) in [6.45, 7) is 5.14. The second-order valence-electron chi connectivity index (χ2n) is 6.17. The predicted octanol–water partition coefficient (Wildman–Crippen LogP) is 3.39. The molecule has 0 fully saturated rings. The van der Waals surface area contributed by atoms with E-state index in [9.17, 15) is 14.4 Å². The van der Waals surface area contributed by atoms with E-state index in [-0.39, 0.29) is 5.91 Å². The van der Waals surface area contributed by atoms with Crippen LogP contribution in [0.3, 0.4) is 0 Å². The van der Waals surface area contributed by atoms with Gasteiger partial charge in [0.05, 0.1) is 16.3 Å². The third-order valence-corrected chi connectivity index (χ3v) is 4.06. The topological polar surface area (TPSA) is 84.5 Å². The Morgan fingerprint density at radius 3 is 2.33 bits per heavy atom. The van der Waals surface area contributed by atoms with Crippen LogP contribution in [0.2, 0.25) is 5.02 Å². The molecule has 7 heteroatoms. The SMILES string of the molecule is CC(=O)NCc1ccc(C(=O)OCC(=O)Nc2c(C)cc(C)cc2Cl)cc1. The number of amides is 2. The Bertz CT molecular complexity index is 840. The standard InChI is InChI=1S/C20H21ClN2O4/c1-12-8-13(2)19(17(21)9-12)23-18(25)11-27-20(26)16-6-4-15(5-7-16)10-22-14(3)24/h4-9H,10-11H2,1-3H3,(H,22,24)(H,23,25). The molecule has 2 rings (SSSR count). The molecular formula is C20H21ClN2O4. The molecule has 2 aromatic carbocycles. The van der Waals surface area contributed by atoms with Gasteiger partial charge < -0.3 is 15.4 Å². The molecule has 0 aromatic heterocycles. The van der Waals surface area contributed by atoms with Crippen LogP contribution in [-0.2, 0) is 20.9 Å². The van der Waals surface area contributed by atoms with E-state index >= 15 is 0 Å². The highest BCUT2D eigenvalue weighted by atomic mass is 35.5. The van der Waals surface area contributed by atoms with E-state index in [0.717, 1.165) is 16.7 Å². The summed E-state index contributed by atoms with van der Waals surface area (Å²) in [4.78, 5) is 35.0. The van der Waals surface area contributed by atoms with E-state index in [2.05, 4.69) is 10.6 Å². The molecule has 27 heavy (non-hydrogen) atoms. The fourth-order valence-corrected chi connectivity index (χ4v) is 2.82. The van der Waals surface area contributed by atoms with E-state index < -0.39 is 18.5 Å². The molecule has 0 unspecified atom stereocenters. The average Bonchev–Trinajstić information content (AvgIpc) is 2.61. The summed E-state index contributed by atoms with van der Waals surface area (Å²) in [5.74, 6) is -1.21. The first-order valence-electron chi connectivity index (χ1n) is 8.33. The fraction of sp³-hybridized carbons (Fsp3) is 0.250. The van der Waals surface area contributed by atoms with E-state index in [4.69, 9.17) is 16.3 Å². The van der Waals surface area contributed by atoms with Crippen molar-refractivity contribution < 1.29 is 19.1 Å². The summed E-state index contributed by atoms with van der Waals surface area (Å²) >= 11 is 6.15. The summed E-state index contributed by atoms with van der Waals surface area (Å²) in [5.41, 5.74) is 3.49. The predicted molar refractivity (Wildman–Crippen MR) is 104 cm³/mol. The van der Waals surface area contributed by atoms with Crippen molar-refractivity contribution in [1.29, 1.82) is 0 Å². The summed E-state index contributed by atoms with van der Waals surface area (Å²) in [5, 5.41) is 5.76. The number of anilines is 1. The number of rotatable bonds is 6. The number of nitrogens with one attached hydrogen (secondary N) is 2. The molecule has 2 amide bonds. The van der Waals surface area contributed by atoms with Crippen molar-refractivity contribution in [2.24, 2.45) is 0 Å². The molecule has 0 heterocycles. The van der Waals surface area contributed by atoms with Crippen LogP contribution in [0.15, 0.2) is 36.4 Å². The van der Waals surface area contributed by atoms with Crippen LogP contribution in [-0.4, -0.2) is 24.4 Å². The monoisotopic (exact) mass is 388 g/mol. The average molecular weight is 389 g/mol. The van der Waals surface area contributed by atoms with E-state index in [1.165, 1.54) is 6.92 Å². The largest absolute Gasteiger partial charge is 0.452 e. The van der Waals surface area contributed by atoms with Crippen molar-refractivity contribution in [3.63, 3.8) is 0 Å². The number of carbonyl (C=O) groups excluding carboxylic acids is 3. The molecule has 0 atom stereocenters. The van der Waals surface area contributed by atoms with Crippen LogP contribution in [0.1, 0.15) is 34.0 Å². The van der Waals surface area contributed by atoms with Gasteiger partial charge in [0, 0.05) is 13.5 Å². The maximum atomic E-state index is 12.1. The summed E-state index contributed by atoms with van der Waals surface area (Å²) < 4.78 is 5.04. The Hall–Kier alpha value is -2.86. The van der Waals surface area contributed by atoms with Gasteiger partial charge in [0.1, 0.15) is 0 Å². The van der Waals surface area contributed by atoms with Gasteiger partial charge >= 0.3 is 5.97 Å². The molecule has 0 aliphatic carbocycles. The quantitative estimate of drug-likeness (QED) is 0.743. The Morgan fingerprint density at radius 1 is 1.07 bits per heavy atom. The fourth-order valence-electron chi connectivity index (χ4n) is 2.45. The zero-order valence-electron chi connectivity index (χ0n) is 15.4. The normalized spacial score (nSPS) is 10.2. The number of benzene rings is 2. The van der Waals surface area contributed by atoms with Crippen molar-refractivity contribution in [3.05, 3.63) is 63.7 Å². The number of esters is 1. The third-order valence-electron chi connectivity index (χ3n) is 3.76. The minimum atomic E-state index is -0.608. The summed E-state index contributed by atoms with van der Waals surface area (Å²) in [6.07, 6.45) is 0. The van der Waals surface area contributed by atoms with Crippen molar-refractivity contribution in [3.8, 4) is 0 Å². The molecule has 0 saturated carbocycles. The van der Waals surface area contributed by atoms with Gasteiger partial charge in [0.25, 0.3) is 5.91 Å². The summed E-state index contributed by atoms with van der Waals surface area (Å²) in [7, 11) is 0. The van der Waals surface area contributed by atoms with Gasteiger partial charge in [-0.25, -0.2) is 4.79 Å². The molecular weight excluding hydrogens is 368 g/mol. The lowest BCUT2D eigenvalue weighted by Gasteiger charge is -2.12. The molecule has 0 aliphatic heterocycles. The van der Waals surface area contributed by atoms with Crippen LogP contribution in [0.5, 0.6) is 0 Å². The lowest BCUT2D eigenvalue weighted by atomic mass is 10.1. The van der Waals surface area contributed by atoms with Gasteiger partial charge in [-0.2, -0.15) is 0 Å². The lowest BCUT2D eigenvalue weighted by Crippen LogP contribution is -2.21. The summed E-state index contributed by atoms with van der Waals surface area (Å²) in [6, 6.07) is 10.2. The Kier molecular flexibility index (Phi) is 6.96. The van der Waals surface area contributed by atoms with Crippen LogP contribution in [0.4, 0.5) is 5.69 Å². The Balaban J connectivity index is 1.89. The van der Waals surface area contributed by atoms with Gasteiger partial charge in [0.15, 0.2) is 6.61 Å². The minimum Gasteiger partial charge on any atom is -0.452 e. The molecule has 142 valence electrons. The number of hydrogen-bond donors (Lipinski definition) is 2. The first-order chi connectivity index (χ1) is 12.8. The van der Waals surface area contributed by atoms with Crippen LogP contribution < -0.4 is 10.6 Å². The number of halogens is 1. The number of hydrogen-bond acceptors (Lipinski definition) is 4. The molecule has 0 aliphatic rings. The van der Waals surface area contributed by atoms with Crippen molar-refractivity contribution in [1.82, 2.24) is 5.32 Å². The van der Waals surface area contributed by atoms with Gasteiger partial charge in [0.2, 0.25) is 5.91 Å². The second kappa shape index (κ2) is 9.19. The highest BCUT2D eigenvalue weighted by molar-refractivity contribution is 6.34. The Labute approximate surface area is 162 Å². The van der Waals surface area contributed by atoms with E-state index in [0.29, 0.717) is 22.8 Å². The third kappa shape index (κ3) is 6.11. The molecule has 0 radical (unpaired) electrons. The van der Waals surface area contributed by atoms with Gasteiger partial charge in [-0.05, 0) is 48.7 Å². The molecule has 0 spiro atoms. The number of carbonyl (C=O) groups is 3. The van der Waals surface area contributed by atoms with Gasteiger partial charge in [-0.15, -0.1) is 0 Å². The van der Waals surface area contributed by atoms with Crippen molar-refractivity contribution in [2.75, 3.05) is 11.9 Å². The molecule has 0 saturated heterocycles. The molecule has 0 bridgehead atoms. The van der Waals surface area contributed by atoms with Crippen LogP contribution in [0.25, 0.3) is 0 Å². The minimum absolute atomic E-state index is 0.131. The van der Waals surface area contributed by atoms with Crippen LogP contribution in [0, 0.1) is 13.8 Å². The van der Waals surface area contributed by atoms with E-state index in [1.54, 1.807) is 30.3 Å². The molecule has 6 nitrogen and oxygen atoms in total. The molecule has 2 aromatic rings. The first-order valence-corrected chi connectivity index (χ1v) is 8.71. The van der Waals surface area contributed by atoms with E-state index in [1.807, 2.05) is 19.9 Å². The zero-order valence-corrected chi connectivity index (χ0v) is 16.1. The smallest absolute Gasteiger partial charge is 0.338 e. The maximum Gasteiger partial charge on any atom is 0.338 e. The number of aryl methyl sites for hydroxylation is 2. The lowest BCUT2D eigenvalue weighted by molar-refractivity contribution is -0.119. The number of ether oxygens (including phenoxy) is 1. The Morgan fingerprint density at radius 2 is 1.74 bits per heavy atom. The molecule has 2 N–H and O–H groups in total. The van der Waals surface area contributed by atoms with Crippen molar-refractivity contribution >= 4 is 35.1 Å². The van der Waals surface area contributed by atoms with Crippen molar-refractivity contribution in [2.45, 2.75) is 27.3 Å². The van der Waals surface area contributed by atoms with Gasteiger partial charge in [-0.1, -0.05) is 29.8 Å². The van der Waals surface area contributed by atoms with Crippen LogP contribution >= 0.6 is 11.6 Å². The first kappa shape index (κ1) is 20.5. The zero-order chi connectivity index (χ0) is 20.0. The maximum absolute atomic E-state index is 12.1. The second-order valence-corrected chi connectivity index (χ2v) is 6.58. The highest BCUT2D eigenvalue weighted by Crippen LogP contribution is 2.27. The highest BCUT2D eigenvalue weighted by Gasteiger charge is 2.13.